The Hall–Kier alpha value is -1.83. The number of nitrogens with one attached hydrogen (secondary N) is 1. The van der Waals surface area contributed by atoms with Crippen molar-refractivity contribution in [3.63, 3.8) is 0 Å². The maximum absolute atomic E-state index is 13.2. The van der Waals surface area contributed by atoms with Crippen molar-refractivity contribution in [2.24, 2.45) is 0 Å². The predicted octanol–water partition coefficient (Wildman–Crippen LogP) is 3.17. The normalized spacial score (nSPS) is 17.4. The van der Waals surface area contributed by atoms with Gasteiger partial charge in [-0.3, -0.25) is 14.6 Å². The lowest BCUT2D eigenvalue weighted by atomic mass is 10.2. The first-order valence-electron chi connectivity index (χ1n) is 8.26. The molecule has 1 unspecified atom stereocenters. The van der Waals surface area contributed by atoms with Gasteiger partial charge in [-0.2, -0.15) is 11.3 Å². The fourth-order valence-electron chi connectivity index (χ4n) is 2.94. The van der Waals surface area contributed by atoms with Crippen LogP contribution >= 0.6 is 11.3 Å². The summed E-state index contributed by atoms with van der Waals surface area (Å²) in [4.78, 5) is 16.8. The monoisotopic (exact) mass is 365 g/mol. The highest BCUT2D eigenvalue weighted by Gasteiger charge is 2.25. The number of nitrogens with zero attached hydrogens (tertiary/aromatic N) is 2. The zero-order chi connectivity index (χ0) is 17.8. The van der Waals surface area contributed by atoms with Crippen LogP contribution in [-0.4, -0.2) is 47.9 Å². The predicted molar refractivity (Wildman–Crippen MR) is 95.6 cm³/mol. The minimum Gasteiger partial charge on any atom is -0.325 e. The van der Waals surface area contributed by atoms with Gasteiger partial charge < -0.3 is 5.32 Å². The van der Waals surface area contributed by atoms with Gasteiger partial charge in [0.05, 0.1) is 6.04 Å². The number of benzene rings is 1. The summed E-state index contributed by atoms with van der Waals surface area (Å²) in [6.07, 6.45) is 0. The van der Waals surface area contributed by atoms with Crippen LogP contribution in [0.15, 0.2) is 35.0 Å². The molecule has 7 heteroatoms. The third-order valence-corrected chi connectivity index (χ3v) is 5.24. The summed E-state index contributed by atoms with van der Waals surface area (Å²) in [6.45, 7) is 6.18. The lowest BCUT2D eigenvalue weighted by Crippen LogP contribution is -2.52. The van der Waals surface area contributed by atoms with Gasteiger partial charge in [-0.1, -0.05) is 0 Å². The topological polar surface area (TPSA) is 35.6 Å². The molecule has 1 saturated heterocycles. The number of carbonyl (C=O) groups is 1. The number of hydrogen-bond donors (Lipinski definition) is 1. The van der Waals surface area contributed by atoms with Gasteiger partial charge in [0.25, 0.3) is 0 Å². The van der Waals surface area contributed by atoms with Crippen LogP contribution in [0.25, 0.3) is 0 Å². The van der Waals surface area contributed by atoms with E-state index in [1.165, 1.54) is 11.6 Å². The average Bonchev–Trinajstić information content (AvgIpc) is 3.11. The summed E-state index contributed by atoms with van der Waals surface area (Å²) in [7, 11) is 0. The van der Waals surface area contributed by atoms with Crippen LogP contribution < -0.4 is 5.32 Å². The van der Waals surface area contributed by atoms with E-state index >= 15 is 0 Å². The first kappa shape index (κ1) is 18.0. The number of carbonyl (C=O) groups excluding carboxylic acids is 1. The molecule has 1 aromatic heterocycles. The molecule has 0 radical (unpaired) electrons. The van der Waals surface area contributed by atoms with Crippen molar-refractivity contribution in [2.75, 3.05) is 31.5 Å². The molecule has 0 aliphatic carbocycles. The number of rotatable bonds is 5. The third kappa shape index (κ3) is 4.62. The third-order valence-electron chi connectivity index (χ3n) is 4.51. The first-order chi connectivity index (χ1) is 12.0. The Balaban J connectivity index is 1.50. The Morgan fingerprint density at radius 2 is 1.96 bits per heavy atom. The summed E-state index contributed by atoms with van der Waals surface area (Å²) in [5.74, 6) is -2.10. The van der Waals surface area contributed by atoms with E-state index in [0.717, 1.165) is 44.9 Å². The maximum atomic E-state index is 13.2. The molecule has 0 bridgehead atoms. The van der Waals surface area contributed by atoms with Crippen LogP contribution in [0.1, 0.15) is 12.5 Å². The average molecular weight is 365 g/mol. The molecule has 0 spiro atoms. The van der Waals surface area contributed by atoms with Gasteiger partial charge in [0.15, 0.2) is 11.6 Å². The van der Waals surface area contributed by atoms with E-state index in [2.05, 4.69) is 31.9 Å². The van der Waals surface area contributed by atoms with E-state index in [9.17, 15) is 13.6 Å². The van der Waals surface area contributed by atoms with Crippen LogP contribution in [0.4, 0.5) is 14.5 Å². The number of amides is 1. The molecule has 2 aromatic rings. The van der Waals surface area contributed by atoms with E-state index in [-0.39, 0.29) is 17.6 Å². The van der Waals surface area contributed by atoms with Gasteiger partial charge in [-0.05, 0) is 41.4 Å². The summed E-state index contributed by atoms with van der Waals surface area (Å²) in [5, 5.41) is 6.89. The summed E-state index contributed by atoms with van der Waals surface area (Å²) < 4.78 is 26.2. The maximum Gasteiger partial charge on any atom is 0.241 e. The first-order valence-corrected chi connectivity index (χ1v) is 9.20. The molecular formula is C18H21F2N3OS. The summed E-state index contributed by atoms with van der Waals surface area (Å²) in [6, 6.07) is 5.19. The van der Waals surface area contributed by atoms with Crippen LogP contribution in [0.3, 0.4) is 0 Å². The van der Waals surface area contributed by atoms with Gasteiger partial charge in [0.2, 0.25) is 5.91 Å². The van der Waals surface area contributed by atoms with Crippen molar-refractivity contribution in [1.82, 2.24) is 9.80 Å². The Kier molecular flexibility index (Phi) is 5.78. The van der Waals surface area contributed by atoms with Crippen molar-refractivity contribution in [3.05, 3.63) is 52.2 Å². The molecule has 0 saturated carbocycles. The minimum absolute atomic E-state index is 0.211. The van der Waals surface area contributed by atoms with E-state index < -0.39 is 11.6 Å². The molecule has 1 aliphatic heterocycles. The lowest BCUT2D eigenvalue weighted by Gasteiger charge is -2.37. The minimum atomic E-state index is -0.965. The smallest absolute Gasteiger partial charge is 0.241 e. The summed E-state index contributed by atoms with van der Waals surface area (Å²) >= 11 is 1.70. The van der Waals surface area contributed by atoms with Crippen molar-refractivity contribution in [3.8, 4) is 0 Å². The van der Waals surface area contributed by atoms with Gasteiger partial charge in [0, 0.05) is 44.5 Å². The zero-order valence-corrected chi connectivity index (χ0v) is 14.9. The quantitative estimate of drug-likeness (QED) is 0.884. The zero-order valence-electron chi connectivity index (χ0n) is 14.0. The molecule has 1 fully saturated rings. The van der Waals surface area contributed by atoms with E-state index in [1.807, 2.05) is 6.92 Å². The van der Waals surface area contributed by atoms with Crippen LogP contribution in [0, 0.1) is 11.6 Å². The Labute approximate surface area is 150 Å². The number of hydrogen-bond acceptors (Lipinski definition) is 4. The van der Waals surface area contributed by atoms with E-state index in [4.69, 9.17) is 0 Å². The molecule has 25 heavy (non-hydrogen) atoms. The van der Waals surface area contributed by atoms with Crippen molar-refractivity contribution in [1.29, 1.82) is 0 Å². The van der Waals surface area contributed by atoms with Crippen LogP contribution in [-0.2, 0) is 11.3 Å². The van der Waals surface area contributed by atoms with Gasteiger partial charge in [-0.25, -0.2) is 8.78 Å². The van der Waals surface area contributed by atoms with Crippen LogP contribution in [0.5, 0.6) is 0 Å². The molecule has 1 atom stereocenters. The van der Waals surface area contributed by atoms with Crippen molar-refractivity contribution < 1.29 is 13.6 Å². The Morgan fingerprint density at radius 1 is 1.20 bits per heavy atom. The molecule has 3 rings (SSSR count). The number of thiophene rings is 1. The fourth-order valence-corrected chi connectivity index (χ4v) is 3.60. The molecule has 1 aliphatic rings. The Morgan fingerprint density at radius 3 is 2.60 bits per heavy atom. The second-order valence-corrected chi connectivity index (χ2v) is 7.02. The molecule has 134 valence electrons. The second-order valence-electron chi connectivity index (χ2n) is 6.24. The molecule has 1 amide bonds. The van der Waals surface area contributed by atoms with Crippen molar-refractivity contribution >= 4 is 22.9 Å². The lowest BCUT2D eigenvalue weighted by molar-refractivity contribution is -0.121. The molecular weight excluding hydrogens is 344 g/mol. The Bertz CT molecular complexity index is 715. The highest BCUT2D eigenvalue weighted by atomic mass is 32.1. The van der Waals surface area contributed by atoms with Crippen LogP contribution in [0.2, 0.25) is 0 Å². The molecule has 2 heterocycles. The van der Waals surface area contributed by atoms with E-state index in [1.54, 1.807) is 11.3 Å². The number of anilines is 1. The van der Waals surface area contributed by atoms with Gasteiger partial charge in [-0.15, -0.1) is 0 Å². The molecule has 1 N–H and O–H groups in total. The molecule has 1 aromatic carbocycles. The largest absolute Gasteiger partial charge is 0.325 e. The fraction of sp³-hybridized carbons (Fsp3) is 0.389. The highest BCUT2D eigenvalue weighted by Crippen LogP contribution is 2.16. The number of halogens is 2. The summed E-state index contributed by atoms with van der Waals surface area (Å²) in [5.41, 5.74) is 1.59. The molecule has 4 nitrogen and oxygen atoms in total. The van der Waals surface area contributed by atoms with E-state index in [0.29, 0.717) is 0 Å². The second kappa shape index (κ2) is 8.03. The highest BCUT2D eigenvalue weighted by molar-refractivity contribution is 7.07. The van der Waals surface area contributed by atoms with Gasteiger partial charge in [0.1, 0.15) is 0 Å². The standard InChI is InChI=1S/C18H21F2N3OS/c1-13(18(24)21-15-2-3-16(19)17(20)10-15)23-7-5-22(6-8-23)11-14-4-9-25-12-14/h2-4,9-10,12-13H,5-8,11H2,1H3,(H,21,24). The SMILES string of the molecule is CC(C(=O)Nc1ccc(F)c(F)c1)N1CCN(Cc2ccsc2)CC1. The van der Waals surface area contributed by atoms with Crippen molar-refractivity contribution in [2.45, 2.75) is 19.5 Å². The van der Waals surface area contributed by atoms with Gasteiger partial charge >= 0.3 is 0 Å². The number of piperazine rings is 1.